The molecule has 0 amide bonds. The molecule has 2 heterocycles. The lowest BCUT2D eigenvalue weighted by Crippen LogP contribution is -2.49. The summed E-state index contributed by atoms with van der Waals surface area (Å²) >= 11 is 0. The Kier molecular flexibility index (Phi) is 7.74. The van der Waals surface area contributed by atoms with Crippen molar-refractivity contribution in [2.45, 2.75) is 20.0 Å². The van der Waals surface area contributed by atoms with Gasteiger partial charge in [0, 0.05) is 52.4 Å². The van der Waals surface area contributed by atoms with Gasteiger partial charge in [0.2, 0.25) is 0 Å². The van der Waals surface area contributed by atoms with Gasteiger partial charge in [0.15, 0.2) is 5.96 Å². The summed E-state index contributed by atoms with van der Waals surface area (Å²) in [5, 5.41) is 6.71. The van der Waals surface area contributed by atoms with Crippen molar-refractivity contribution in [3.8, 4) is 0 Å². The number of nitrogens with zero attached hydrogens (tertiary/aromatic N) is 3. The highest BCUT2D eigenvalue weighted by Gasteiger charge is 2.16. The van der Waals surface area contributed by atoms with Gasteiger partial charge in [-0.05, 0) is 24.6 Å². The van der Waals surface area contributed by atoms with Gasteiger partial charge < -0.3 is 15.1 Å². The first-order valence-electron chi connectivity index (χ1n) is 9.86. The molecule has 6 nitrogen and oxygen atoms in total. The largest absolute Gasteiger partial charge is 0.467 e. The Morgan fingerprint density at radius 3 is 2.48 bits per heavy atom. The van der Waals surface area contributed by atoms with Crippen molar-refractivity contribution >= 4 is 5.96 Å². The molecule has 0 aliphatic carbocycles. The molecule has 27 heavy (non-hydrogen) atoms. The van der Waals surface area contributed by atoms with Crippen molar-refractivity contribution in [2.75, 3.05) is 45.8 Å². The first-order chi connectivity index (χ1) is 13.3. The number of rotatable bonds is 8. The number of hydrogen-bond acceptors (Lipinski definition) is 4. The minimum atomic E-state index is 0.556. The molecule has 1 fully saturated rings. The molecule has 0 atom stereocenters. The maximum absolute atomic E-state index is 5.34. The molecule has 1 aromatic heterocycles. The standard InChI is InChI=1S/C21H31N5O/c1-2-22-21(24-17-20-9-6-16-27-20)23-10-11-25-12-14-26(15-13-25)18-19-7-4-3-5-8-19/h3-9,16H,2,10-15,17-18H2,1H3,(H2,22,23,24). The van der Waals surface area contributed by atoms with Crippen LogP contribution in [0.3, 0.4) is 0 Å². The summed E-state index contributed by atoms with van der Waals surface area (Å²) in [6.45, 7) is 11.0. The van der Waals surface area contributed by atoms with Crippen molar-refractivity contribution in [1.29, 1.82) is 0 Å². The van der Waals surface area contributed by atoms with E-state index in [1.807, 2.05) is 12.1 Å². The molecule has 1 aliphatic rings. The molecule has 2 aromatic rings. The minimum absolute atomic E-state index is 0.556. The van der Waals surface area contributed by atoms with E-state index in [1.165, 1.54) is 5.56 Å². The highest BCUT2D eigenvalue weighted by atomic mass is 16.3. The van der Waals surface area contributed by atoms with Crippen LogP contribution in [0.5, 0.6) is 0 Å². The van der Waals surface area contributed by atoms with Gasteiger partial charge in [-0.1, -0.05) is 30.3 Å². The van der Waals surface area contributed by atoms with E-state index >= 15 is 0 Å². The maximum atomic E-state index is 5.34. The SMILES string of the molecule is CCNC(=NCc1ccco1)NCCN1CCN(Cc2ccccc2)CC1. The van der Waals surface area contributed by atoms with Crippen molar-refractivity contribution < 1.29 is 4.42 Å². The van der Waals surface area contributed by atoms with Gasteiger partial charge in [-0.2, -0.15) is 0 Å². The third-order valence-corrected chi connectivity index (χ3v) is 4.75. The number of aliphatic imine (C=N–C) groups is 1. The summed E-state index contributed by atoms with van der Waals surface area (Å²) in [5.41, 5.74) is 1.40. The van der Waals surface area contributed by atoms with Crippen LogP contribution in [0.2, 0.25) is 0 Å². The molecule has 1 aliphatic heterocycles. The van der Waals surface area contributed by atoms with Crippen LogP contribution in [0.1, 0.15) is 18.2 Å². The second kappa shape index (κ2) is 10.7. The highest BCUT2D eigenvalue weighted by molar-refractivity contribution is 5.79. The van der Waals surface area contributed by atoms with Crippen molar-refractivity contribution in [1.82, 2.24) is 20.4 Å². The van der Waals surface area contributed by atoms with E-state index in [9.17, 15) is 0 Å². The average Bonchev–Trinajstić information content (AvgIpc) is 3.22. The zero-order chi connectivity index (χ0) is 18.7. The van der Waals surface area contributed by atoms with Gasteiger partial charge in [0.05, 0.1) is 6.26 Å². The Hall–Kier alpha value is -2.31. The molecule has 0 unspecified atom stereocenters. The smallest absolute Gasteiger partial charge is 0.191 e. The molecule has 0 bridgehead atoms. The zero-order valence-corrected chi connectivity index (χ0v) is 16.2. The normalized spacial score (nSPS) is 16.4. The summed E-state index contributed by atoms with van der Waals surface area (Å²) in [5.74, 6) is 1.72. The molecule has 3 rings (SSSR count). The van der Waals surface area contributed by atoms with E-state index < -0.39 is 0 Å². The topological polar surface area (TPSA) is 56.0 Å². The molecule has 146 valence electrons. The molecule has 0 spiro atoms. The number of guanidine groups is 1. The van der Waals surface area contributed by atoms with Crippen LogP contribution in [-0.2, 0) is 13.1 Å². The zero-order valence-electron chi connectivity index (χ0n) is 16.2. The first-order valence-corrected chi connectivity index (χ1v) is 9.86. The van der Waals surface area contributed by atoms with E-state index in [0.29, 0.717) is 6.54 Å². The number of nitrogens with one attached hydrogen (secondary N) is 2. The average molecular weight is 370 g/mol. The predicted molar refractivity (Wildman–Crippen MR) is 110 cm³/mol. The minimum Gasteiger partial charge on any atom is -0.467 e. The number of hydrogen-bond donors (Lipinski definition) is 2. The van der Waals surface area contributed by atoms with Gasteiger partial charge >= 0.3 is 0 Å². The number of benzene rings is 1. The number of piperazine rings is 1. The molecule has 6 heteroatoms. The van der Waals surface area contributed by atoms with Gasteiger partial charge in [-0.25, -0.2) is 4.99 Å². The fraction of sp³-hybridized carbons (Fsp3) is 0.476. The fourth-order valence-corrected chi connectivity index (χ4v) is 3.25. The molecule has 2 N–H and O–H groups in total. The Morgan fingerprint density at radius 1 is 1.00 bits per heavy atom. The third-order valence-electron chi connectivity index (χ3n) is 4.75. The Bertz CT molecular complexity index is 663. The Labute approximate surface area is 162 Å². The molecule has 1 saturated heterocycles. The molecule has 0 saturated carbocycles. The van der Waals surface area contributed by atoms with Gasteiger partial charge in [0.1, 0.15) is 12.3 Å². The lowest BCUT2D eigenvalue weighted by atomic mass is 10.2. The number of furan rings is 1. The van der Waals surface area contributed by atoms with Gasteiger partial charge in [-0.15, -0.1) is 0 Å². The third kappa shape index (κ3) is 6.73. The molecular weight excluding hydrogens is 338 g/mol. The van der Waals surface area contributed by atoms with Crippen LogP contribution >= 0.6 is 0 Å². The second-order valence-corrected chi connectivity index (χ2v) is 6.80. The van der Waals surface area contributed by atoms with Gasteiger partial charge in [-0.3, -0.25) is 9.80 Å². The van der Waals surface area contributed by atoms with Crippen LogP contribution in [-0.4, -0.2) is 61.6 Å². The van der Waals surface area contributed by atoms with E-state index in [1.54, 1.807) is 6.26 Å². The lowest BCUT2D eigenvalue weighted by Gasteiger charge is -2.34. The van der Waals surface area contributed by atoms with Crippen LogP contribution in [0.15, 0.2) is 58.1 Å². The molecule has 1 aromatic carbocycles. The van der Waals surface area contributed by atoms with E-state index in [0.717, 1.165) is 64.1 Å². The van der Waals surface area contributed by atoms with E-state index in [-0.39, 0.29) is 0 Å². The summed E-state index contributed by atoms with van der Waals surface area (Å²) < 4.78 is 5.34. The molecular formula is C21H31N5O. The Balaban J connectivity index is 1.35. The fourth-order valence-electron chi connectivity index (χ4n) is 3.25. The highest BCUT2D eigenvalue weighted by Crippen LogP contribution is 2.08. The quantitative estimate of drug-likeness (QED) is 0.552. The summed E-state index contributed by atoms with van der Waals surface area (Å²) in [6.07, 6.45) is 1.68. The van der Waals surface area contributed by atoms with Crippen molar-refractivity contribution in [3.63, 3.8) is 0 Å². The second-order valence-electron chi connectivity index (χ2n) is 6.80. The molecule has 0 radical (unpaired) electrons. The van der Waals surface area contributed by atoms with Gasteiger partial charge in [0.25, 0.3) is 0 Å². The van der Waals surface area contributed by atoms with E-state index in [4.69, 9.17) is 4.42 Å². The Morgan fingerprint density at radius 2 is 1.78 bits per heavy atom. The van der Waals surface area contributed by atoms with Crippen molar-refractivity contribution in [2.24, 2.45) is 4.99 Å². The van der Waals surface area contributed by atoms with Crippen LogP contribution in [0.4, 0.5) is 0 Å². The van der Waals surface area contributed by atoms with Crippen molar-refractivity contribution in [3.05, 3.63) is 60.1 Å². The monoisotopic (exact) mass is 369 g/mol. The summed E-state index contributed by atoms with van der Waals surface area (Å²) in [6, 6.07) is 14.6. The maximum Gasteiger partial charge on any atom is 0.191 e. The lowest BCUT2D eigenvalue weighted by molar-refractivity contribution is 0.129. The summed E-state index contributed by atoms with van der Waals surface area (Å²) in [4.78, 5) is 9.63. The van der Waals surface area contributed by atoms with Crippen LogP contribution < -0.4 is 10.6 Å². The first kappa shape index (κ1) is 19.5. The van der Waals surface area contributed by atoms with Crippen LogP contribution in [0.25, 0.3) is 0 Å². The predicted octanol–water partition coefficient (Wildman–Crippen LogP) is 2.15. The summed E-state index contributed by atoms with van der Waals surface area (Å²) in [7, 11) is 0. The van der Waals surface area contributed by atoms with Crippen LogP contribution in [0, 0.1) is 0 Å². The van der Waals surface area contributed by atoms with E-state index in [2.05, 4.69) is 62.7 Å².